The van der Waals surface area contributed by atoms with Crippen molar-refractivity contribution >= 4 is 19.8 Å². The van der Waals surface area contributed by atoms with Gasteiger partial charge < -0.3 is 15.3 Å². The van der Waals surface area contributed by atoms with E-state index in [1.165, 1.54) is 13.8 Å². The zero-order valence-electron chi connectivity index (χ0n) is 9.81. The fourth-order valence-corrected chi connectivity index (χ4v) is 2.23. The van der Waals surface area contributed by atoms with Crippen molar-refractivity contribution in [3.05, 3.63) is 0 Å². The van der Waals surface area contributed by atoms with Crippen LogP contribution in [0.25, 0.3) is 0 Å². The van der Waals surface area contributed by atoms with Crippen LogP contribution in [0.1, 0.15) is 13.8 Å². The molecule has 0 amide bonds. The summed E-state index contributed by atoms with van der Waals surface area (Å²) in [6.07, 6.45) is -4.65. The molecule has 0 aromatic rings. The van der Waals surface area contributed by atoms with Gasteiger partial charge in [-0.15, -0.1) is 0 Å². The van der Waals surface area contributed by atoms with Crippen LogP contribution < -0.4 is 0 Å². The molecule has 10 heteroatoms. The lowest BCUT2D eigenvalue weighted by Crippen LogP contribution is -2.41. The molecule has 0 unspecified atom stereocenters. The van der Waals surface area contributed by atoms with Crippen LogP contribution >= 0.6 is 7.82 Å². The SMILES string of the molecule is CCOP(=O)(OCC)O[C@@H](C(=O)O)[C@@H](O)C(=O)O. The molecule has 0 aliphatic heterocycles. The smallest absolute Gasteiger partial charge is 0.475 e. The maximum Gasteiger partial charge on any atom is 0.475 e. The Labute approximate surface area is 103 Å². The number of phosphoric acid groups is 1. The summed E-state index contributed by atoms with van der Waals surface area (Å²) in [4.78, 5) is 21.2. The van der Waals surface area contributed by atoms with E-state index in [0.717, 1.165) is 0 Å². The number of rotatable bonds is 9. The number of hydrogen-bond donors (Lipinski definition) is 3. The zero-order valence-corrected chi connectivity index (χ0v) is 10.7. The molecule has 0 aliphatic carbocycles. The molecule has 2 atom stereocenters. The Morgan fingerprint density at radius 1 is 1.11 bits per heavy atom. The molecule has 0 aliphatic rings. The quantitative estimate of drug-likeness (QED) is 0.502. The number of aliphatic hydroxyl groups excluding tert-OH is 1. The molecule has 9 nitrogen and oxygen atoms in total. The van der Waals surface area contributed by atoms with Gasteiger partial charge in [0.1, 0.15) is 0 Å². The summed E-state index contributed by atoms with van der Waals surface area (Å²) in [5, 5.41) is 26.3. The van der Waals surface area contributed by atoms with Crippen molar-refractivity contribution < 1.29 is 43.0 Å². The Morgan fingerprint density at radius 2 is 1.56 bits per heavy atom. The lowest BCUT2D eigenvalue weighted by Gasteiger charge is -2.22. The number of carboxylic acids is 2. The van der Waals surface area contributed by atoms with E-state index in [4.69, 9.17) is 15.3 Å². The van der Waals surface area contributed by atoms with Crippen molar-refractivity contribution in [1.29, 1.82) is 0 Å². The van der Waals surface area contributed by atoms with E-state index >= 15 is 0 Å². The third-order valence-corrected chi connectivity index (χ3v) is 3.23. The van der Waals surface area contributed by atoms with Crippen LogP contribution in [0.5, 0.6) is 0 Å². The number of carboxylic acid groups (broad SMARTS) is 2. The highest BCUT2D eigenvalue weighted by Gasteiger charge is 2.41. The second-order valence-electron chi connectivity index (χ2n) is 2.93. The van der Waals surface area contributed by atoms with Gasteiger partial charge in [-0.2, -0.15) is 0 Å². The van der Waals surface area contributed by atoms with Gasteiger partial charge in [0.2, 0.25) is 6.10 Å². The molecule has 3 N–H and O–H groups in total. The van der Waals surface area contributed by atoms with Gasteiger partial charge in [0.15, 0.2) is 6.10 Å². The van der Waals surface area contributed by atoms with Crippen LogP contribution in [-0.4, -0.2) is 52.7 Å². The van der Waals surface area contributed by atoms with Crippen LogP contribution in [0.4, 0.5) is 0 Å². The Kier molecular flexibility index (Phi) is 7.04. The predicted molar refractivity (Wildman–Crippen MR) is 57.0 cm³/mol. The van der Waals surface area contributed by atoms with Gasteiger partial charge in [0.25, 0.3) is 0 Å². The first-order valence-corrected chi connectivity index (χ1v) is 6.44. The van der Waals surface area contributed by atoms with Crippen molar-refractivity contribution in [2.24, 2.45) is 0 Å². The van der Waals surface area contributed by atoms with Crippen LogP contribution in [0.15, 0.2) is 0 Å². The van der Waals surface area contributed by atoms with E-state index in [0.29, 0.717) is 0 Å². The molecule has 18 heavy (non-hydrogen) atoms. The zero-order chi connectivity index (χ0) is 14.3. The largest absolute Gasteiger partial charge is 0.479 e. The summed E-state index contributed by atoms with van der Waals surface area (Å²) < 4.78 is 25.6. The minimum atomic E-state index is -4.23. The number of hydrogen-bond acceptors (Lipinski definition) is 7. The standard InChI is InChI=1S/C8H15O9P/c1-3-15-18(14,16-4-2)17-6(8(12)13)5(9)7(10)11/h5-6,9H,3-4H2,1-2H3,(H,10,11)(H,12,13)/t5-,6-/m1/s1. The average Bonchev–Trinajstić information content (AvgIpc) is 2.25. The second-order valence-corrected chi connectivity index (χ2v) is 4.55. The molecule has 0 aromatic heterocycles. The van der Waals surface area contributed by atoms with E-state index in [2.05, 4.69) is 13.6 Å². The molecule has 0 spiro atoms. The van der Waals surface area contributed by atoms with Crippen LogP contribution in [0.2, 0.25) is 0 Å². The molecule has 0 aromatic carbocycles. The summed E-state index contributed by atoms with van der Waals surface area (Å²) >= 11 is 0. The first-order chi connectivity index (χ1) is 8.27. The van der Waals surface area contributed by atoms with Crippen LogP contribution in [0.3, 0.4) is 0 Å². The number of carbonyl (C=O) groups is 2. The minimum absolute atomic E-state index is 0.104. The normalized spacial score (nSPS) is 15.1. The minimum Gasteiger partial charge on any atom is -0.479 e. The monoisotopic (exact) mass is 286 g/mol. The fraction of sp³-hybridized carbons (Fsp3) is 0.750. The number of aliphatic hydroxyl groups is 1. The summed E-state index contributed by atoms with van der Waals surface area (Å²) in [5.41, 5.74) is 0. The summed E-state index contributed by atoms with van der Waals surface area (Å²) in [6.45, 7) is 2.70. The highest BCUT2D eigenvalue weighted by atomic mass is 31.2. The summed E-state index contributed by atoms with van der Waals surface area (Å²) in [6, 6.07) is 0. The lowest BCUT2D eigenvalue weighted by molar-refractivity contribution is -0.165. The van der Waals surface area contributed by atoms with Gasteiger partial charge in [0, 0.05) is 0 Å². The topological polar surface area (TPSA) is 140 Å². The molecular weight excluding hydrogens is 271 g/mol. The highest BCUT2D eigenvalue weighted by molar-refractivity contribution is 7.48. The second kappa shape index (κ2) is 7.45. The molecule has 106 valence electrons. The highest BCUT2D eigenvalue weighted by Crippen LogP contribution is 2.50. The molecule has 0 bridgehead atoms. The number of phosphoric ester groups is 1. The maximum atomic E-state index is 11.8. The van der Waals surface area contributed by atoms with Gasteiger partial charge in [-0.3, -0.25) is 13.6 Å². The third-order valence-electron chi connectivity index (χ3n) is 1.60. The van der Waals surface area contributed by atoms with Crippen LogP contribution in [0, 0.1) is 0 Å². The summed E-state index contributed by atoms with van der Waals surface area (Å²) in [7, 11) is -4.23. The van der Waals surface area contributed by atoms with E-state index in [1.807, 2.05) is 0 Å². The lowest BCUT2D eigenvalue weighted by atomic mass is 10.2. The number of aliphatic carboxylic acids is 2. The van der Waals surface area contributed by atoms with Gasteiger partial charge in [-0.05, 0) is 13.8 Å². The first kappa shape index (κ1) is 17.0. The molecule has 0 saturated carbocycles. The Morgan fingerprint density at radius 3 is 1.83 bits per heavy atom. The fourth-order valence-electron chi connectivity index (χ4n) is 0.921. The van der Waals surface area contributed by atoms with Gasteiger partial charge >= 0.3 is 19.8 Å². The van der Waals surface area contributed by atoms with Crippen LogP contribution in [-0.2, 0) is 27.7 Å². The molecule has 0 radical (unpaired) electrons. The first-order valence-electron chi connectivity index (χ1n) is 4.98. The van der Waals surface area contributed by atoms with E-state index < -0.39 is 32.0 Å². The van der Waals surface area contributed by atoms with E-state index in [9.17, 15) is 14.2 Å². The predicted octanol–water partition coefficient (Wildman–Crippen LogP) is 0.0828. The summed E-state index contributed by atoms with van der Waals surface area (Å²) in [5.74, 6) is -3.63. The third kappa shape index (κ3) is 5.11. The Hall–Kier alpha value is -0.990. The molecule has 0 saturated heterocycles. The molecular formula is C8H15O9P. The average molecular weight is 286 g/mol. The Balaban J connectivity index is 4.99. The van der Waals surface area contributed by atoms with Crippen molar-refractivity contribution in [3.63, 3.8) is 0 Å². The van der Waals surface area contributed by atoms with E-state index in [1.54, 1.807) is 0 Å². The van der Waals surface area contributed by atoms with E-state index in [-0.39, 0.29) is 13.2 Å². The maximum absolute atomic E-state index is 11.8. The molecule has 0 heterocycles. The molecule has 0 rings (SSSR count). The molecule has 0 fully saturated rings. The van der Waals surface area contributed by atoms with Gasteiger partial charge in [0.05, 0.1) is 13.2 Å². The van der Waals surface area contributed by atoms with Crippen molar-refractivity contribution in [3.8, 4) is 0 Å². The Bertz CT molecular complexity index is 331. The van der Waals surface area contributed by atoms with Crippen molar-refractivity contribution in [2.75, 3.05) is 13.2 Å². The van der Waals surface area contributed by atoms with Crippen molar-refractivity contribution in [2.45, 2.75) is 26.1 Å². The van der Waals surface area contributed by atoms with Gasteiger partial charge in [-0.1, -0.05) is 0 Å². The van der Waals surface area contributed by atoms with Crippen molar-refractivity contribution in [1.82, 2.24) is 0 Å². The van der Waals surface area contributed by atoms with Gasteiger partial charge in [-0.25, -0.2) is 14.2 Å².